The van der Waals surface area contributed by atoms with E-state index in [2.05, 4.69) is 42.6 Å². The molecule has 0 aliphatic rings. The summed E-state index contributed by atoms with van der Waals surface area (Å²) >= 11 is 2.78. The Morgan fingerprint density at radius 2 is 2.17 bits per heavy atom. The number of oxazole rings is 1. The minimum atomic E-state index is -0.265. The highest BCUT2D eigenvalue weighted by Gasteiger charge is 2.23. The van der Waals surface area contributed by atoms with Gasteiger partial charge in [0.25, 0.3) is 0 Å². The maximum Gasteiger partial charge on any atom is 0.230 e. The molecule has 1 aromatic carbocycles. The number of anilines is 1. The van der Waals surface area contributed by atoms with Crippen molar-refractivity contribution in [2.24, 2.45) is 0 Å². The average Bonchev–Trinajstić information content (AvgIpc) is 3.38. The Morgan fingerprint density at radius 3 is 2.77 bits per heavy atom. The zero-order valence-corrected chi connectivity index (χ0v) is 18.7. The number of hydrogen-bond acceptors (Lipinski definition) is 7. The molecule has 0 spiro atoms. The molecule has 0 radical (unpaired) electrons. The van der Waals surface area contributed by atoms with E-state index in [9.17, 15) is 9.59 Å². The van der Waals surface area contributed by atoms with Crippen molar-refractivity contribution in [1.82, 2.24) is 9.97 Å². The van der Waals surface area contributed by atoms with Gasteiger partial charge in [-0.2, -0.15) is 0 Å². The molecule has 8 heteroatoms. The van der Waals surface area contributed by atoms with Crippen LogP contribution in [0.2, 0.25) is 0 Å². The molecule has 30 heavy (non-hydrogen) atoms. The predicted molar refractivity (Wildman–Crippen MR) is 120 cm³/mol. The van der Waals surface area contributed by atoms with Crippen molar-refractivity contribution < 1.29 is 14.0 Å². The number of carbonyl (C=O) groups excluding carboxylic acids is 2. The number of hydrogen-bond donors (Lipinski definition) is 1. The zero-order valence-electron chi connectivity index (χ0n) is 17.0. The molecule has 0 bridgehead atoms. The Balaban J connectivity index is 1.78. The van der Waals surface area contributed by atoms with Crippen LogP contribution in [0, 0.1) is 0 Å². The van der Waals surface area contributed by atoms with Gasteiger partial charge in [-0.25, -0.2) is 9.97 Å². The zero-order chi connectivity index (χ0) is 21.7. The lowest BCUT2D eigenvalue weighted by atomic mass is 9.94. The van der Waals surface area contributed by atoms with Crippen molar-refractivity contribution in [1.29, 1.82) is 0 Å². The van der Waals surface area contributed by atoms with E-state index in [1.54, 1.807) is 36.0 Å². The molecule has 2 heterocycles. The van der Waals surface area contributed by atoms with Crippen molar-refractivity contribution in [3.63, 3.8) is 0 Å². The Bertz CT molecular complexity index is 1040. The number of aldehydes is 1. The molecule has 6 nitrogen and oxygen atoms in total. The number of nitrogens with zero attached hydrogens (tertiary/aromatic N) is 2. The fraction of sp³-hybridized carbons (Fsp3) is 0.273. The van der Waals surface area contributed by atoms with Crippen LogP contribution in [-0.4, -0.2) is 22.2 Å². The van der Waals surface area contributed by atoms with Crippen LogP contribution >= 0.6 is 23.1 Å². The largest absolute Gasteiger partial charge is 0.444 e. The molecule has 0 fully saturated rings. The van der Waals surface area contributed by atoms with Gasteiger partial charge < -0.3 is 9.73 Å². The fourth-order valence-electron chi connectivity index (χ4n) is 2.62. The summed E-state index contributed by atoms with van der Waals surface area (Å²) < 4.78 is 5.94. The van der Waals surface area contributed by atoms with Crippen LogP contribution in [-0.2, 0) is 16.6 Å². The molecule has 3 rings (SSSR count). The average molecular weight is 442 g/mol. The van der Waals surface area contributed by atoms with E-state index in [0.717, 1.165) is 22.5 Å². The van der Waals surface area contributed by atoms with Gasteiger partial charge in [0.1, 0.15) is 11.0 Å². The first-order chi connectivity index (χ1) is 14.3. The van der Waals surface area contributed by atoms with Crippen molar-refractivity contribution in [3.05, 3.63) is 71.4 Å². The number of carbonyl (C=O) groups is 2. The minimum Gasteiger partial charge on any atom is -0.444 e. The third-order valence-corrected chi connectivity index (χ3v) is 6.17. The van der Waals surface area contributed by atoms with Gasteiger partial charge in [-0.15, -0.1) is 29.7 Å². The fourth-order valence-corrected chi connectivity index (χ4v) is 4.22. The number of aromatic nitrogens is 2. The Hall–Kier alpha value is -2.71. The lowest BCUT2D eigenvalue weighted by molar-refractivity contribution is -0.115. The van der Waals surface area contributed by atoms with Gasteiger partial charge in [-0.1, -0.05) is 39.0 Å². The molecule has 0 saturated heterocycles. The Kier molecular flexibility index (Phi) is 6.89. The second kappa shape index (κ2) is 9.40. The van der Waals surface area contributed by atoms with E-state index in [-0.39, 0.29) is 23.0 Å². The standard InChI is InChI=1S/C22H23N3O3S2/c1-5-16(20-24-12-18(28-20)22(2,3)4)30-17-10-14(6-7-15(17)13-26)11-19(27)25-21-23-8-9-29-21/h5-10,12-13,16H,1,11H2,2-4H3,(H,23,25,27). The highest BCUT2D eigenvalue weighted by atomic mass is 32.2. The molecule has 2 aromatic heterocycles. The smallest absolute Gasteiger partial charge is 0.230 e. The molecular weight excluding hydrogens is 418 g/mol. The highest BCUT2D eigenvalue weighted by Crippen LogP contribution is 2.38. The third-order valence-electron chi connectivity index (χ3n) is 4.22. The first-order valence-electron chi connectivity index (χ1n) is 9.33. The number of amides is 1. The summed E-state index contributed by atoms with van der Waals surface area (Å²) in [4.78, 5) is 33.0. The monoisotopic (exact) mass is 441 g/mol. The van der Waals surface area contributed by atoms with E-state index < -0.39 is 0 Å². The molecular formula is C22H23N3O3S2. The van der Waals surface area contributed by atoms with Crippen LogP contribution in [0.4, 0.5) is 5.13 Å². The van der Waals surface area contributed by atoms with E-state index in [4.69, 9.17) is 4.42 Å². The van der Waals surface area contributed by atoms with Crippen LogP contribution < -0.4 is 5.32 Å². The van der Waals surface area contributed by atoms with Gasteiger partial charge >= 0.3 is 0 Å². The predicted octanol–water partition coefficient (Wildman–Crippen LogP) is 5.44. The van der Waals surface area contributed by atoms with Crippen LogP contribution in [0.1, 0.15) is 53.6 Å². The molecule has 0 aliphatic carbocycles. The number of nitrogens with one attached hydrogen (secondary N) is 1. The second-order valence-corrected chi connectivity index (χ2v) is 9.72. The summed E-state index contributed by atoms with van der Waals surface area (Å²) in [5.41, 5.74) is 1.18. The van der Waals surface area contributed by atoms with E-state index in [1.165, 1.54) is 23.1 Å². The van der Waals surface area contributed by atoms with Crippen molar-refractivity contribution >= 4 is 40.4 Å². The van der Waals surface area contributed by atoms with Gasteiger partial charge in [0, 0.05) is 27.5 Å². The lowest BCUT2D eigenvalue weighted by Gasteiger charge is -2.15. The maximum absolute atomic E-state index is 12.3. The number of thioether (sulfide) groups is 1. The topological polar surface area (TPSA) is 85.1 Å². The molecule has 1 atom stereocenters. The summed E-state index contributed by atoms with van der Waals surface area (Å²) in [5, 5.41) is 4.86. The van der Waals surface area contributed by atoms with Crippen molar-refractivity contribution in [2.75, 3.05) is 5.32 Å². The SMILES string of the molecule is C=CC(Sc1cc(CC(=O)Nc2nccs2)ccc1C=O)c1ncc(C(C)(C)C)o1. The van der Waals surface area contributed by atoms with Crippen LogP contribution in [0.15, 0.2) is 57.9 Å². The molecule has 1 unspecified atom stereocenters. The highest BCUT2D eigenvalue weighted by molar-refractivity contribution is 7.99. The molecule has 1 amide bonds. The van der Waals surface area contributed by atoms with E-state index >= 15 is 0 Å². The third kappa shape index (κ3) is 5.46. The van der Waals surface area contributed by atoms with Crippen LogP contribution in [0.3, 0.4) is 0 Å². The maximum atomic E-state index is 12.3. The summed E-state index contributed by atoms with van der Waals surface area (Å²) in [6.45, 7) is 10.1. The van der Waals surface area contributed by atoms with Gasteiger partial charge in [0.05, 0.1) is 12.6 Å². The molecule has 1 N–H and O–H groups in total. The first kappa shape index (κ1) is 22.0. The quantitative estimate of drug-likeness (QED) is 0.285. The molecule has 0 saturated carbocycles. The van der Waals surface area contributed by atoms with Gasteiger partial charge in [-0.05, 0) is 11.6 Å². The molecule has 3 aromatic rings. The van der Waals surface area contributed by atoms with Gasteiger partial charge in [0.15, 0.2) is 11.4 Å². The first-order valence-corrected chi connectivity index (χ1v) is 11.1. The van der Waals surface area contributed by atoms with E-state index in [0.29, 0.717) is 16.6 Å². The van der Waals surface area contributed by atoms with Crippen LogP contribution in [0.5, 0.6) is 0 Å². The van der Waals surface area contributed by atoms with Crippen molar-refractivity contribution in [2.45, 2.75) is 42.8 Å². The molecule has 0 aliphatic heterocycles. The van der Waals surface area contributed by atoms with Gasteiger partial charge in [-0.3, -0.25) is 9.59 Å². The normalized spacial score (nSPS) is 12.4. The number of rotatable bonds is 8. The van der Waals surface area contributed by atoms with Gasteiger partial charge in [0.2, 0.25) is 11.8 Å². The van der Waals surface area contributed by atoms with Crippen LogP contribution in [0.25, 0.3) is 0 Å². The summed E-state index contributed by atoms with van der Waals surface area (Å²) in [6, 6.07) is 5.35. The summed E-state index contributed by atoms with van der Waals surface area (Å²) in [6.07, 6.45) is 6.08. The second-order valence-electron chi connectivity index (χ2n) is 7.64. The van der Waals surface area contributed by atoms with E-state index in [1.807, 2.05) is 6.07 Å². The number of thiazole rings is 1. The Morgan fingerprint density at radius 1 is 1.37 bits per heavy atom. The van der Waals surface area contributed by atoms with Crippen molar-refractivity contribution in [3.8, 4) is 0 Å². The summed E-state index contributed by atoms with van der Waals surface area (Å²) in [5.74, 6) is 1.15. The summed E-state index contributed by atoms with van der Waals surface area (Å²) in [7, 11) is 0. The lowest BCUT2D eigenvalue weighted by Crippen LogP contribution is -2.14. The number of benzene rings is 1. The Labute approximate surface area is 183 Å². The minimum absolute atomic E-state index is 0.152. The molecule has 156 valence electrons.